The van der Waals surface area contributed by atoms with Gasteiger partial charge in [0.25, 0.3) is 0 Å². The lowest BCUT2D eigenvalue weighted by Gasteiger charge is -2.22. The summed E-state index contributed by atoms with van der Waals surface area (Å²) in [5.41, 5.74) is 1.86. The van der Waals surface area contributed by atoms with Crippen LogP contribution < -0.4 is 4.74 Å². The number of aryl methyl sites for hydroxylation is 1. The minimum atomic E-state index is -1.01. The lowest BCUT2D eigenvalue weighted by atomic mass is 9.87. The first-order valence-electron chi connectivity index (χ1n) is 5.72. The second-order valence-corrected chi connectivity index (χ2v) is 4.51. The average Bonchev–Trinajstić information content (AvgIpc) is 2.70. The van der Waals surface area contributed by atoms with Crippen LogP contribution >= 0.6 is 0 Å². The second kappa shape index (κ2) is 3.60. The molecule has 0 bridgehead atoms. The van der Waals surface area contributed by atoms with E-state index < -0.39 is 5.60 Å². The average molecular weight is 226 g/mol. The summed E-state index contributed by atoms with van der Waals surface area (Å²) in [7, 11) is 0. The Bertz CT molecular complexity index is 548. The molecule has 2 nitrogen and oxygen atoms in total. The van der Waals surface area contributed by atoms with E-state index in [4.69, 9.17) is 4.74 Å². The van der Waals surface area contributed by atoms with Gasteiger partial charge in [-0.3, -0.25) is 0 Å². The number of fused-ring (bicyclic) bond motifs is 1. The van der Waals surface area contributed by atoms with E-state index in [9.17, 15) is 5.11 Å². The third-order valence-corrected chi connectivity index (χ3v) is 3.27. The molecule has 2 aromatic rings. The summed E-state index contributed by atoms with van der Waals surface area (Å²) in [6, 6.07) is 15.6. The Morgan fingerprint density at radius 1 is 1.12 bits per heavy atom. The van der Waals surface area contributed by atoms with Gasteiger partial charge in [0.2, 0.25) is 0 Å². The maximum absolute atomic E-state index is 10.8. The van der Waals surface area contributed by atoms with Crippen LogP contribution in [0.3, 0.4) is 0 Å². The van der Waals surface area contributed by atoms with E-state index in [-0.39, 0.29) is 6.61 Å². The van der Waals surface area contributed by atoms with Crippen molar-refractivity contribution in [1.82, 2.24) is 0 Å². The van der Waals surface area contributed by atoms with E-state index in [1.165, 1.54) is 0 Å². The SMILES string of the molecule is Cc1ccc2c(c1)[C@](O)(c1ccccc1)CO2. The molecule has 0 fully saturated rings. The Kier molecular flexibility index (Phi) is 2.20. The van der Waals surface area contributed by atoms with Gasteiger partial charge < -0.3 is 9.84 Å². The minimum Gasteiger partial charge on any atom is -0.489 e. The van der Waals surface area contributed by atoms with E-state index in [0.29, 0.717) is 0 Å². The van der Waals surface area contributed by atoms with Crippen molar-refractivity contribution in [2.24, 2.45) is 0 Å². The fraction of sp³-hybridized carbons (Fsp3) is 0.200. The van der Waals surface area contributed by atoms with Gasteiger partial charge in [0.15, 0.2) is 5.60 Å². The Balaban J connectivity index is 2.16. The van der Waals surface area contributed by atoms with Crippen LogP contribution in [0.5, 0.6) is 5.75 Å². The van der Waals surface area contributed by atoms with Crippen molar-refractivity contribution in [2.75, 3.05) is 6.61 Å². The molecule has 86 valence electrons. The first-order chi connectivity index (χ1) is 8.20. The number of hydrogen-bond acceptors (Lipinski definition) is 2. The highest BCUT2D eigenvalue weighted by molar-refractivity contribution is 5.49. The standard InChI is InChI=1S/C15H14O2/c1-11-7-8-14-13(9-11)15(16,10-17-14)12-5-3-2-4-6-12/h2-9,16H,10H2,1H3/t15-/m1/s1. The van der Waals surface area contributed by atoms with Crippen LogP contribution in [0.15, 0.2) is 48.5 Å². The predicted octanol–water partition coefficient (Wildman–Crippen LogP) is 2.62. The minimum absolute atomic E-state index is 0.288. The van der Waals surface area contributed by atoms with Gasteiger partial charge in [-0.15, -0.1) is 0 Å². The molecule has 0 spiro atoms. The number of ether oxygens (including phenoxy) is 1. The smallest absolute Gasteiger partial charge is 0.152 e. The predicted molar refractivity (Wildman–Crippen MR) is 66.1 cm³/mol. The van der Waals surface area contributed by atoms with Crippen LogP contribution in [0.4, 0.5) is 0 Å². The quantitative estimate of drug-likeness (QED) is 0.810. The maximum Gasteiger partial charge on any atom is 0.152 e. The van der Waals surface area contributed by atoms with Crippen molar-refractivity contribution in [1.29, 1.82) is 0 Å². The zero-order valence-electron chi connectivity index (χ0n) is 9.68. The summed E-state index contributed by atoms with van der Waals surface area (Å²) < 4.78 is 5.57. The van der Waals surface area contributed by atoms with Crippen molar-refractivity contribution >= 4 is 0 Å². The van der Waals surface area contributed by atoms with Crippen molar-refractivity contribution in [2.45, 2.75) is 12.5 Å². The molecule has 0 unspecified atom stereocenters. The molecule has 1 heterocycles. The summed E-state index contributed by atoms with van der Waals surface area (Å²) in [5, 5.41) is 10.8. The molecule has 1 aliphatic rings. The molecule has 0 amide bonds. The maximum atomic E-state index is 10.8. The van der Waals surface area contributed by atoms with Gasteiger partial charge in [-0.25, -0.2) is 0 Å². The molecule has 0 radical (unpaired) electrons. The third-order valence-electron chi connectivity index (χ3n) is 3.27. The van der Waals surface area contributed by atoms with Gasteiger partial charge >= 0.3 is 0 Å². The highest BCUT2D eigenvalue weighted by Crippen LogP contribution is 2.41. The van der Waals surface area contributed by atoms with Crippen molar-refractivity contribution in [3.63, 3.8) is 0 Å². The fourth-order valence-electron chi connectivity index (χ4n) is 2.31. The Morgan fingerprint density at radius 2 is 1.88 bits per heavy atom. The van der Waals surface area contributed by atoms with Crippen LogP contribution in [-0.4, -0.2) is 11.7 Å². The number of aliphatic hydroxyl groups is 1. The van der Waals surface area contributed by atoms with E-state index >= 15 is 0 Å². The lowest BCUT2D eigenvalue weighted by Crippen LogP contribution is -2.28. The molecule has 1 aliphatic heterocycles. The number of benzene rings is 2. The summed E-state index contributed by atoms with van der Waals surface area (Å²) in [6.45, 7) is 2.31. The Labute approximate surface area is 100 Å². The summed E-state index contributed by atoms with van der Waals surface area (Å²) in [5.74, 6) is 0.780. The molecular formula is C15H14O2. The highest BCUT2D eigenvalue weighted by atomic mass is 16.5. The van der Waals surface area contributed by atoms with Gasteiger partial charge in [-0.2, -0.15) is 0 Å². The van der Waals surface area contributed by atoms with Crippen molar-refractivity contribution in [3.8, 4) is 5.75 Å². The lowest BCUT2D eigenvalue weighted by molar-refractivity contribution is 0.0559. The van der Waals surface area contributed by atoms with E-state index in [1.807, 2.05) is 55.5 Å². The van der Waals surface area contributed by atoms with Gasteiger partial charge in [-0.05, 0) is 24.6 Å². The number of rotatable bonds is 1. The van der Waals surface area contributed by atoms with Gasteiger partial charge in [-0.1, -0.05) is 42.0 Å². The summed E-state index contributed by atoms with van der Waals surface area (Å²) in [4.78, 5) is 0. The third kappa shape index (κ3) is 1.53. The Hall–Kier alpha value is -1.80. The van der Waals surface area contributed by atoms with E-state index in [2.05, 4.69) is 0 Å². The number of hydrogen-bond donors (Lipinski definition) is 1. The van der Waals surface area contributed by atoms with Crippen molar-refractivity contribution < 1.29 is 9.84 Å². The van der Waals surface area contributed by atoms with Crippen LogP contribution in [-0.2, 0) is 5.60 Å². The molecule has 0 aliphatic carbocycles. The summed E-state index contributed by atoms with van der Waals surface area (Å²) in [6.07, 6.45) is 0. The van der Waals surface area contributed by atoms with Crippen LogP contribution in [0.1, 0.15) is 16.7 Å². The fourth-order valence-corrected chi connectivity index (χ4v) is 2.31. The molecular weight excluding hydrogens is 212 g/mol. The Morgan fingerprint density at radius 3 is 2.65 bits per heavy atom. The topological polar surface area (TPSA) is 29.5 Å². The first kappa shape index (κ1) is 10.4. The van der Waals surface area contributed by atoms with Crippen molar-refractivity contribution in [3.05, 3.63) is 65.2 Å². The molecule has 1 atom stereocenters. The van der Waals surface area contributed by atoms with Gasteiger partial charge in [0.05, 0.1) is 0 Å². The first-order valence-corrected chi connectivity index (χ1v) is 5.72. The highest BCUT2D eigenvalue weighted by Gasteiger charge is 2.40. The summed E-state index contributed by atoms with van der Waals surface area (Å²) >= 11 is 0. The molecule has 0 saturated carbocycles. The molecule has 1 N–H and O–H groups in total. The molecule has 0 aromatic heterocycles. The van der Waals surface area contributed by atoms with Crippen LogP contribution in [0.25, 0.3) is 0 Å². The molecule has 3 rings (SSSR count). The van der Waals surface area contributed by atoms with E-state index in [1.54, 1.807) is 0 Å². The molecule has 0 saturated heterocycles. The molecule has 17 heavy (non-hydrogen) atoms. The largest absolute Gasteiger partial charge is 0.489 e. The normalized spacial score (nSPS) is 22.0. The zero-order chi connectivity index (χ0) is 11.9. The van der Waals surface area contributed by atoms with Crippen LogP contribution in [0.2, 0.25) is 0 Å². The zero-order valence-corrected chi connectivity index (χ0v) is 9.68. The molecule has 2 aromatic carbocycles. The van der Waals surface area contributed by atoms with Crippen LogP contribution in [0, 0.1) is 6.92 Å². The second-order valence-electron chi connectivity index (χ2n) is 4.51. The van der Waals surface area contributed by atoms with E-state index in [0.717, 1.165) is 22.4 Å². The molecule has 2 heteroatoms. The van der Waals surface area contributed by atoms with Gasteiger partial charge in [0, 0.05) is 5.56 Å². The monoisotopic (exact) mass is 226 g/mol. The van der Waals surface area contributed by atoms with Gasteiger partial charge in [0.1, 0.15) is 12.4 Å².